The molecule has 1 N–H and O–H groups in total. The number of carbonyl (C=O) groups excluding carboxylic acids is 1. The Hall–Kier alpha value is -3.10. The standard InChI is InChI=1S/C22H15BrN2O4S/c1-25-20(26)19(30-22(25)24-16-8-4-14(5-9-16)21(27)28)12-17-10-11-18(29-17)13-2-6-15(23)7-3-13/h2-12H,1H3,(H,27,28)/b19-12+,24-22?. The van der Waals surface area contributed by atoms with Crippen molar-refractivity contribution in [1.29, 1.82) is 0 Å². The number of nitrogens with zero attached hydrogens (tertiary/aromatic N) is 2. The Morgan fingerprint density at radius 1 is 1.10 bits per heavy atom. The summed E-state index contributed by atoms with van der Waals surface area (Å²) < 4.78 is 6.86. The van der Waals surface area contributed by atoms with Gasteiger partial charge in [0.2, 0.25) is 0 Å². The van der Waals surface area contributed by atoms with E-state index in [1.165, 1.54) is 28.8 Å². The van der Waals surface area contributed by atoms with Crippen LogP contribution in [0.25, 0.3) is 17.4 Å². The van der Waals surface area contributed by atoms with E-state index in [0.29, 0.717) is 27.3 Å². The highest BCUT2D eigenvalue weighted by Crippen LogP contribution is 2.34. The monoisotopic (exact) mass is 482 g/mol. The molecule has 1 aliphatic heterocycles. The van der Waals surface area contributed by atoms with Crippen molar-refractivity contribution in [2.75, 3.05) is 7.05 Å². The Bertz CT molecular complexity index is 1180. The van der Waals surface area contributed by atoms with Crippen LogP contribution in [0, 0.1) is 0 Å². The molecule has 1 aliphatic rings. The zero-order chi connectivity index (χ0) is 21.3. The summed E-state index contributed by atoms with van der Waals surface area (Å²) in [5.74, 6) is 0.111. The van der Waals surface area contributed by atoms with Crippen molar-refractivity contribution in [3.8, 4) is 11.3 Å². The summed E-state index contributed by atoms with van der Waals surface area (Å²) in [5.41, 5.74) is 1.69. The van der Waals surface area contributed by atoms with Crippen LogP contribution in [0.3, 0.4) is 0 Å². The molecule has 6 nitrogen and oxygen atoms in total. The van der Waals surface area contributed by atoms with Crippen molar-refractivity contribution in [2.45, 2.75) is 0 Å². The molecule has 150 valence electrons. The van der Waals surface area contributed by atoms with Crippen LogP contribution in [-0.4, -0.2) is 34.1 Å². The van der Waals surface area contributed by atoms with E-state index >= 15 is 0 Å². The van der Waals surface area contributed by atoms with Gasteiger partial charge in [0.05, 0.1) is 16.2 Å². The molecule has 0 bridgehead atoms. The molecule has 1 aromatic heterocycles. The molecule has 1 amide bonds. The van der Waals surface area contributed by atoms with Crippen LogP contribution in [0.2, 0.25) is 0 Å². The minimum absolute atomic E-state index is 0.178. The summed E-state index contributed by atoms with van der Waals surface area (Å²) in [7, 11) is 1.65. The van der Waals surface area contributed by atoms with E-state index in [4.69, 9.17) is 9.52 Å². The summed E-state index contributed by atoms with van der Waals surface area (Å²) >= 11 is 4.65. The molecular formula is C22H15BrN2O4S. The molecule has 2 aromatic carbocycles. The highest BCUT2D eigenvalue weighted by atomic mass is 79.9. The van der Waals surface area contributed by atoms with Gasteiger partial charge in [-0.15, -0.1) is 0 Å². The quantitative estimate of drug-likeness (QED) is 0.486. The van der Waals surface area contributed by atoms with Crippen molar-refractivity contribution in [3.63, 3.8) is 0 Å². The van der Waals surface area contributed by atoms with Gasteiger partial charge in [-0.05, 0) is 60.3 Å². The first-order chi connectivity index (χ1) is 14.4. The van der Waals surface area contributed by atoms with Gasteiger partial charge in [-0.1, -0.05) is 28.1 Å². The summed E-state index contributed by atoms with van der Waals surface area (Å²) in [6.07, 6.45) is 1.70. The number of carbonyl (C=O) groups is 2. The molecule has 0 spiro atoms. The van der Waals surface area contributed by atoms with E-state index in [2.05, 4.69) is 20.9 Å². The predicted molar refractivity (Wildman–Crippen MR) is 121 cm³/mol. The Morgan fingerprint density at radius 3 is 2.47 bits per heavy atom. The lowest BCUT2D eigenvalue weighted by Gasteiger charge is -2.07. The molecule has 30 heavy (non-hydrogen) atoms. The fraction of sp³-hybridized carbons (Fsp3) is 0.0455. The zero-order valence-corrected chi connectivity index (χ0v) is 18.1. The SMILES string of the molecule is CN1C(=O)/C(=C\c2ccc(-c3ccc(Br)cc3)o2)SC1=Nc1ccc(C(=O)O)cc1. The Labute approximate surface area is 185 Å². The maximum absolute atomic E-state index is 12.6. The molecule has 8 heteroatoms. The molecule has 0 atom stereocenters. The molecule has 1 saturated heterocycles. The summed E-state index contributed by atoms with van der Waals surface area (Å²) in [6, 6.07) is 17.6. The van der Waals surface area contributed by atoms with E-state index < -0.39 is 5.97 Å². The maximum Gasteiger partial charge on any atom is 0.335 e. The number of likely N-dealkylation sites (N-methyl/N-ethyl adjacent to an activating group) is 1. The molecule has 0 radical (unpaired) electrons. The van der Waals surface area contributed by atoms with Gasteiger partial charge < -0.3 is 9.52 Å². The minimum Gasteiger partial charge on any atom is -0.478 e. The van der Waals surface area contributed by atoms with Gasteiger partial charge >= 0.3 is 5.97 Å². The van der Waals surface area contributed by atoms with E-state index in [0.717, 1.165) is 10.0 Å². The number of furan rings is 1. The number of aliphatic imine (C=N–C) groups is 1. The van der Waals surface area contributed by atoms with Crippen LogP contribution >= 0.6 is 27.7 Å². The van der Waals surface area contributed by atoms with Crippen molar-refractivity contribution >= 4 is 56.5 Å². The molecular weight excluding hydrogens is 468 g/mol. The maximum atomic E-state index is 12.6. The van der Waals surface area contributed by atoms with Crippen molar-refractivity contribution < 1.29 is 19.1 Å². The largest absolute Gasteiger partial charge is 0.478 e. The number of carboxylic acids is 1. The third kappa shape index (κ3) is 4.24. The smallest absolute Gasteiger partial charge is 0.335 e. The van der Waals surface area contributed by atoms with E-state index in [9.17, 15) is 9.59 Å². The first-order valence-electron chi connectivity index (χ1n) is 8.86. The minimum atomic E-state index is -0.997. The lowest BCUT2D eigenvalue weighted by atomic mass is 10.2. The van der Waals surface area contributed by atoms with Crippen molar-refractivity contribution in [1.82, 2.24) is 4.90 Å². The fourth-order valence-electron chi connectivity index (χ4n) is 2.77. The molecule has 3 aromatic rings. The number of rotatable bonds is 4. The third-order valence-electron chi connectivity index (χ3n) is 4.37. The lowest BCUT2D eigenvalue weighted by Crippen LogP contribution is -2.23. The Balaban J connectivity index is 1.55. The van der Waals surface area contributed by atoms with Gasteiger partial charge in [-0.3, -0.25) is 9.69 Å². The number of hydrogen-bond donors (Lipinski definition) is 1. The predicted octanol–water partition coefficient (Wildman–Crippen LogP) is 5.64. The van der Waals surface area contributed by atoms with Gasteiger partial charge in [-0.25, -0.2) is 9.79 Å². The zero-order valence-electron chi connectivity index (χ0n) is 15.7. The molecule has 4 rings (SSSR count). The Morgan fingerprint density at radius 2 is 1.80 bits per heavy atom. The lowest BCUT2D eigenvalue weighted by molar-refractivity contribution is -0.121. The highest BCUT2D eigenvalue weighted by Gasteiger charge is 2.30. The second kappa shape index (κ2) is 8.33. The van der Waals surface area contributed by atoms with Gasteiger partial charge in [0.1, 0.15) is 11.5 Å². The van der Waals surface area contributed by atoms with Crippen LogP contribution < -0.4 is 0 Å². The summed E-state index contributed by atoms with van der Waals surface area (Å²) in [4.78, 5) is 30.0. The number of hydrogen-bond acceptors (Lipinski definition) is 5. The normalized spacial score (nSPS) is 16.6. The molecule has 0 unspecified atom stereocenters. The average Bonchev–Trinajstić information content (AvgIpc) is 3.30. The number of carboxylic acid groups (broad SMARTS) is 1. The van der Waals surface area contributed by atoms with Gasteiger partial charge in [0.25, 0.3) is 5.91 Å². The highest BCUT2D eigenvalue weighted by molar-refractivity contribution is 9.10. The van der Waals surface area contributed by atoms with Crippen LogP contribution in [0.1, 0.15) is 16.1 Å². The number of halogens is 1. The van der Waals surface area contributed by atoms with Gasteiger partial charge in [0, 0.05) is 23.2 Å². The van der Waals surface area contributed by atoms with Gasteiger partial charge in [-0.2, -0.15) is 0 Å². The van der Waals surface area contributed by atoms with Crippen LogP contribution in [0.5, 0.6) is 0 Å². The van der Waals surface area contributed by atoms with Gasteiger partial charge in [0.15, 0.2) is 5.17 Å². The number of thioether (sulfide) groups is 1. The average molecular weight is 483 g/mol. The Kier molecular flexibility index (Phi) is 5.61. The number of aromatic carboxylic acids is 1. The first-order valence-corrected chi connectivity index (χ1v) is 10.5. The third-order valence-corrected chi connectivity index (χ3v) is 5.96. The molecule has 0 saturated carbocycles. The second-order valence-electron chi connectivity index (χ2n) is 6.43. The van der Waals surface area contributed by atoms with Crippen LogP contribution in [-0.2, 0) is 4.79 Å². The second-order valence-corrected chi connectivity index (χ2v) is 8.35. The van der Waals surface area contributed by atoms with E-state index in [1.54, 1.807) is 25.3 Å². The van der Waals surface area contributed by atoms with Crippen molar-refractivity contribution in [2.24, 2.45) is 4.99 Å². The summed E-state index contributed by atoms with van der Waals surface area (Å²) in [5, 5.41) is 9.50. The molecule has 1 fully saturated rings. The van der Waals surface area contributed by atoms with Crippen LogP contribution in [0.15, 0.2) is 79.5 Å². The number of amidine groups is 1. The van der Waals surface area contributed by atoms with Crippen molar-refractivity contribution in [3.05, 3.63) is 81.4 Å². The number of benzene rings is 2. The fourth-order valence-corrected chi connectivity index (χ4v) is 4.00. The summed E-state index contributed by atoms with van der Waals surface area (Å²) in [6.45, 7) is 0. The number of amides is 1. The topological polar surface area (TPSA) is 83.1 Å². The van der Waals surface area contributed by atoms with E-state index in [1.807, 2.05) is 36.4 Å². The molecule has 0 aliphatic carbocycles. The van der Waals surface area contributed by atoms with Crippen LogP contribution in [0.4, 0.5) is 5.69 Å². The first kappa shape index (κ1) is 20.2. The molecule has 2 heterocycles. The van der Waals surface area contributed by atoms with E-state index in [-0.39, 0.29) is 11.5 Å².